The second-order valence-electron chi connectivity index (χ2n) is 11.0. The SMILES string of the molecule is O=C(O)c1cccc(NC(=O)c2nn(-c3ccccc3[N+](=O)[O-])nc2C(O)C23CC4CC(CC(C4)C2)C3)c1. The summed E-state index contributed by atoms with van der Waals surface area (Å²) in [4.78, 5) is 37.0. The quantitative estimate of drug-likeness (QED) is 0.307. The van der Waals surface area contributed by atoms with Crippen LogP contribution in [0.25, 0.3) is 5.69 Å². The van der Waals surface area contributed by atoms with Crippen LogP contribution in [0.3, 0.4) is 0 Å². The minimum absolute atomic E-state index is 0.000176. The van der Waals surface area contributed by atoms with E-state index < -0.39 is 28.3 Å². The average molecular weight is 518 g/mol. The molecule has 4 saturated carbocycles. The number of carbonyl (C=O) groups is 2. The summed E-state index contributed by atoms with van der Waals surface area (Å²) in [6.45, 7) is 0. The number of aliphatic hydroxyl groups is 1. The normalized spacial score (nSPS) is 26.2. The third-order valence-electron chi connectivity index (χ3n) is 8.44. The van der Waals surface area contributed by atoms with Gasteiger partial charge < -0.3 is 15.5 Å². The van der Waals surface area contributed by atoms with Gasteiger partial charge in [0.05, 0.1) is 10.5 Å². The number of nitrogens with one attached hydrogen (secondary N) is 1. The summed E-state index contributed by atoms with van der Waals surface area (Å²) in [6, 6.07) is 11.7. The van der Waals surface area contributed by atoms with Gasteiger partial charge >= 0.3 is 5.97 Å². The molecular formula is C27H27N5O6. The number of para-hydroxylation sites is 2. The zero-order chi connectivity index (χ0) is 26.6. The van der Waals surface area contributed by atoms with Crippen molar-refractivity contribution in [1.29, 1.82) is 0 Å². The lowest BCUT2D eigenvalue weighted by Crippen LogP contribution is -2.49. The number of nitro benzene ring substituents is 1. The third-order valence-corrected chi connectivity index (χ3v) is 8.44. The van der Waals surface area contributed by atoms with Crippen molar-refractivity contribution in [3.8, 4) is 5.69 Å². The minimum Gasteiger partial charge on any atom is -0.478 e. The van der Waals surface area contributed by atoms with Crippen LogP contribution in [0.1, 0.15) is 71.2 Å². The van der Waals surface area contributed by atoms with Crippen LogP contribution in [0, 0.1) is 33.3 Å². The van der Waals surface area contributed by atoms with Gasteiger partial charge in [-0.25, -0.2) is 4.79 Å². The van der Waals surface area contributed by atoms with Crippen LogP contribution in [0.5, 0.6) is 0 Å². The number of aliphatic hydroxyl groups excluding tert-OH is 1. The van der Waals surface area contributed by atoms with Crippen LogP contribution in [-0.4, -0.2) is 42.0 Å². The van der Waals surface area contributed by atoms with Crippen molar-refractivity contribution in [2.45, 2.75) is 44.6 Å². The molecule has 38 heavy (non-hydrogen) atoms. The van der Waals surface area contributed by atoms with E-state index in [9.17, 15) is 29.9 Å². The molecule has 0 spiro atoms. The molecule has 1 amide bonds. The topological polar surface area (TPSA) is 160 Å². The van der Waals surface area contributed by atoms with Gasteiger partial charge in [-0.15, -0.1) is 15.0 Å². The Morgan fingerprint density at radius 1 is 1.03 bits per heavy atom. The monoisotopic (exact) mass is 517 g/mol. The Balaban J connectivity index is 1.41. The van der Waals surface area contributed by atoms with Gasteiger partial charge in [0, 0.05) is 17.2 Å². The summed E-state index contributed by atoms with van der Waals surface area (Å²) in [5, 5.41) is 44.3. The van der Waals surface area contributed by atoms with Crippen molar-refractivity contribution >= 4 is 23.3 Å². The zero-order valence-corrected chi connectivity index (χ0v) is 20.5. The molecule has 4 aliphatic rings. The van der Waals surface area contributed by atoms with E-state index in [-0.39, 0.29) is 34.0 Å². The highest BCUT2D eigenvalue weighted by Crippen LogP contribution is 2.64. The molecule has 1 atom stereocenters. The summed E-state index contributed by atoms with van der Waals surface area (Å²) in [5.41, 5.74) is -0.409. The van der Waals surface area contributed by atoms with Crippen molar-refractivity contribution in [2.24, 2.45) is 23.2 Å². The molecule has 7 rings (SSSR count). The summed E-state index contributed by atoms with van der Waals surface area (Å²) in [7, 11) is 0. The van der Waals surface area contributed by atoms with Crippen molar-refractivity contribution in [2.75, 3.05) is 5.32 Å². The first kappa shape index (κ1) is 24.2. The highest BCUT2D eigenvalue weighted by Gasteiger charge is 2.55. The lowest BCUT2D eigenvalue weighted by molar-refractivity contribution is -0.384. The molecule has 196 valence electrons. The van der Waals surface area contributed by atoms with Crippen LogP contribution < -0.4 is 5.32 Å². The van der Waals surface area contributed by atoms with Gasteiger partial charge in [0.15, 0.2) is 11.4 Å². The molecule has 2 aromatic carbocycles. The number of carboxylic acid groups (broad SMARTS) is 1. The number of carbonyl (C=O) groups excluding carboxylic acids is 1. The van der Waals surface area contributed by atoms with Crippen LogP contribution in [-0.2, 0) is 0 Å². The Hall–Kier alpha value is -4.12. The second kappa shape index (κ2) is 9.02. The number of hydrogen-bond donors (Lipinski definition) is 3. The number of hydrogen-bond acceptors (Lipinski definition) is 7. The van der Waals surface area contributed by atoms with Crippen LogP contribution in [0.15, 0.2) is 48.5 Å². The predicted molar refractivity (Wildman–Crippen MR) is 135 cm³/mol. The summed E-state index contributed by atoms with van der Waals surface area (Å²) in [5.74, 6) is -0.205. The van der Waals surface area contributed by atoms with E-state index in [1.807, 2.05) is 0 Å². The first-order chi connectivity index (χ1) is 18.2. The molecule has 0 aliphatic heterocycles. The zero-order valence-electron chi connectivity index (χ0n) is 20.5. The minimum atomic E-state index is -1.14. The molecule has 1 unspecified atom stereocenters. The Labute approximate surface area is 217 Å². The number of aromatic carboxylic acids is 1. The summed E-state index contributed by atoms with van der Waals surface area (Å²) >= 11 is 0. The molecule has 1 heterocycles. The van der Waals surface area contributed by atoms with E-state index in [1.165, 1.54) is 55.7 Å². The lowest BCUT2D eigenvalue weighted by atomic mass is 9.48. The molecule has 3 aromatic rings. The average Bonchev–Trinajstić information content (AvgIpc) is 3.33. The number of nitrogens with zero attached hydrogens (tertiary/aromatic N) is 4. The van der Waals surface area contributed by atoms with E-state index in [2.05, 4.69) is 15.5 Å². The number of benzene rings is 2. The molecule has 0 radical (unpaired) electrons. The molecule has 0 saturated heterocycles. The first-order valence-electron chi connectivity index (χ1n) is 12.8. The third kappa shape index (κ3) is 4.12. The van der Waals surface area contributed by atoms with Crippen molar-refractivity contribution in [1.82, 2.24) is 15.0 Å². The van der Waals surface area contributed by atoms with Gasteiger partial charge in [0.2, 0.25) is 0 Å². The number of rotatable bonds is 7. The molecule has 4 bridgehead atoms. The molecule has 11 heteroatoms. The standard InChI is InChI=1S/C27H27N5O6/c33-24(27-12-15-8-16(13-27)10-17(9-15)14-27)22-23(25(34)28-19-5-3-4-18(11-19)26(35)36)30-31(29-22)20-6-1-2-7-21(20)32(37)38/h1-7,11,15-17,24,33H,8-10,12-14H2,(H,28,34)(H,35,36). The summed E-state index contributed by atoms with van der Waals surface area (Å²) in [6.07, 6.45) is 4.98. The fourth-order valence-electron chi connectivity index (χ4n) is 7.28. The van der Waals surface area contributed by atoms with Gasteiger partial charge in [-0.3, -0.25) is 14.9 Å². The van der Waals surface area contributed by atoms with E-state index in [0.29, 0.717) is 17.8 Å². The molecular weight excluding hydrogens is 490 g/mol. The molecule has 1 aromatic heterocycles. The maximum Gasteiger partial charge on any atom is 0.335 e. The van der Waals surface area contributed by atoms with Gasteiger partial charge in [-0.1, -0.05) is 18.2 Å². The fraction of sp³-hybridized carbons (Fsp3) is 0.407. The van der Waals surface area contributed by atoms with Crippen molar-refractivity contribution in [3.05, 3.63) is 75.6 Å². The maximum atomic E-state index is 13.5. The smallest absolute Gasteiger partial charge is 0.335 e. The maximum absolute atomic E-state index is 13.5. The summed E-state index contributed by atoms with van der Waals surface area (Å²) < 4.78 is 0. The molecule has 4 aliphatic carbocycles. The number of aromatic nitrogens is 3. The van der Waals surface area contributed by atoms with Crippen LogP contribution >= 0.6 is 0 Å². The predicted octanol–water partition coefficient (Wildman–Crippen LogP) is 4.38. The Kier molecular flexibility index (Phi) is 5.75. The second-order valence-corrected chi connectivity index (χ2v) is 11.0. The van der Waals surface area contributed by atoms with Crippen LogP contribution in [0.2, 0.25) is 0 Å². The van der Waals surface area contributed by atoms with Crippen LogP contribution in [0.4, 0.5) is 11.4 Å². The van der Waals surface area contributed by atoms with E-state index in [4.69, 9.17) is 0 Å². The Bertz CT molecular complexity index is 1410. The number of amides is 1. The van der Waals surface area contributed by atoms with Gasteiger partial charge in [-0.2, -0.15) is 0 Å². The van der Waals surface area contributed by atoms with Gasteiger partial charge in [0.25, 0.3) is 11.6 Å². The number of anilines is 1. The van der Waals surface area contributed by atoms with E-state index in [0.717, 1.165) is 24.1 Å². The lowest BCUT2D eigenvalue weighted by Gasteiger charge is -2.58. The molecule has 3 N–H and O–H groups in total. The number of carboxylic acids is 1. The van der Waals surface area contributed by atoms with Gasteiger partial charge in [0.1, 0.15) is 11.8 Å². The largest absolute Gasteiger partial charge is 0.478 e. The fourth-order valence-corrected chi connectivity index (χ4v) is 7.28. The van der Waals surface area contributed by atoms with Crippen molar-refractivity contribution in [3.63, 3.8) is 0 Å². The Morgan fingerprint density at radius 2 is 1.68 bits per heavy atom. The first-order valence-corrected chi connectivity index (χ1v) is 12.8. The highest BCUT2D eigenvalue weighted by atomic mass is 16.6. The molecule has 4 fully saturated rings. The molecule has 11 nitrogen and oxygen atoms in total. The van der Waals surface area contributed by atoms with E-state index in [1.54, 1.807) is 12.1 Å². The van der Waals surface area contributed by atoms with Gasteiger partial charge in [-0.05, 0) is 80.5 Å². The van der Waals surface area contributed by atoms with Crippen molar-refractivity contribution < 1.29 is 24.7 Å². The van der Waals surface area contributed by atoms with E-state index >= 15 is 0 Å². The number of nitro groups is 1. The highest BCUT2D eigenvalue weighted by molar-refractivity contribution is 6.04. The Morgan fingerprint density at radius 3 is 2.32 bits per heavy atom.